The Morgan fingerprint density at radius 2 is 2.12 bits per heavy atom. The third-order valence-electron chi connectivity index (χ3n) is 3.74. The van der Waals surface area contributed by atoms with Gasteiger partial charge in [0.2, 0.25) is 0 Å². The molecule has 1 aromatic heterocycles. The normalized spacial score (nSPS) is 17.3. The highest BCUT2D eigenvalue weighted by Gasteiger charge is 2.37. The molecule has 0 bridgehead atoms. The number of benzene rings is 1. The third kappa shape index (κ3) is 2.05. The quantitative estimate of drug-likeness (QED) is 0.874. The van der Waals surface area contributed by atoms with E-state index in [1.807, 2.05) is 12.4 Å². The second-order valence-electron chi connectivity index (χ2n) is 5.25. The molecule has 1 aliphatic rings. The lowest BCUT2D eigenvalue weighted by atomic mass is 9.99. The molecule has 1 heterocycles. The van der Waals surface area contributed by atoms with Gasteiger partial charge in [-0.1, -0.05) is 19.1 Å². The lowest BCUT2D eigenvalue weighted by Crippen LogP contribution is -2.24. The van der Waals surface area contributed by atoms with Gasteiger partial charge in [0, 0.05) is 23.3 Å². The molecule has 0 spiro atoms. The fourth-order valence-corrected chi connectivity index (χ4v) is 2.42. The van der Waals surface area contributed by atoms with Crippen molar-refractivity contribution in [3.05, 3.63) is 41.7 Å². The van der Waals surface area contributed by atoms with Gasteiger partial charge in [-0.3, -0.25) is 4.98 Å². The molecule has 1 aliphatic carbocycles. The Labute approximate surface area is 102 Å². The van der Waals surface area contributed by atoms with Gasteiger partial charge in [-0.05, 0) is 48.3 Å². The summed E-state index contributed by atoms with van der Waals surface area (Å²) in [5.41, 5.74) is 8.91. The van der Waals surface area contributed by atoms with Crippen LogP contribution in [0.4, 0.5) is 0 Å². The van der Waals surface area contributed by atoms with Crippen LogP contribution in [-0.4, -0.2) is 10.5 Å². The van der Waals surface area contributed by atoms with E-state index in [-0.39, 0.29) is 5.54 Å². The van der Waals surface area contributed by atoms with Crippen molar-refractivity contribution in [2.75, 3.05) is 0 Å². The van der Waals surface area contributed by atoms with Gasteiger partial charge in [-0.25, -0.2) is 0 Å². The molecule has 1 fully saturated rings. The monoisotopic (exact) mass is 226 g/mol. The van der Waals surface area contributed by atoms with Crippen LogP contribution in [0.2, 0.25) is 0 Å². The van der Waals surface area contributed by atoms with E-state index in [0.29, 0.717) is 0 Å². The maximum Gasteiger partial charge on any atom is 0.0346 e. The first-order valence-corrected chi connectivity index (χ1v) is 6.35. The summed E-state index contributed by atoms with van der Waals surface area (Å²) < 4.78 is 0. The lowest BCUT2D eigenvalue weighted by molar-refractivity contribution is 0.673. The van der Waals surface area contributed by atoms with Crippen LogP contribution >= 0.6 is 0 Å². The summed E-state index contributed by atoms with van der Waals surface area (Å²) in [5.74, 6) is 0. The highest BCUT2D eigenvalue weighted by molar-refractivity contribution is 5.85. The highest BCUT2D eigenvalue weighted by Crippen LogP contribution is 2.36. The van der Waals surface area contributed by atoms with Crippen molar-refractivity contribution in [1.29, 1.82) is 0 Å². The highest BCUT2D eigenvalue weighted by atomic mass is 14.8. The Balaban J connectivity index is 2.01. The molecular formula is C15H18N2. The Morgan fingerprint density at radius 3 is 2.82 bits per heavy atom. The molecule has 2 nitrogen and oxygen atoms in total. The summed E-state index contributed by atoms with van der Waals surface area (Å²) in [4.78, 5) is 4.31. The average molecular weight is 226 g/mol. The zero-order valence-electron chi connectivity index (χ0n) is 10.2. The molecular weight excluding hydrogens is 208 g/mol. The number of hydrogen-bond acceptors (Lipinski definition) is 2. The van der Waals surface area contributed by atoms with Crippen molar-refractivity contribution in [1.82, 2.24) is 4.98 Å². The van der Waals surface area contributed by atoms with Crippen LogP contribution in [0.3, 0.4) is 0 Å². The number of hydrogen-bond donors (Lipinski definition) is 1. The summed E-state index contributed by atoms with van der Waals surface area (Å²) >= 11 is 0. The van der Waals surface area contributed by atoms with Gasteiger partial charge in [0.05, 0.1) is 0 Å². The predicted molar refractivity (Wildman–Crippen MR) is 71.0 cm³/mol. The fraction of sp³-hybridized carbons (Fsp3) is 0.400. The van der Waals surface area contributed by atoms with Crippen molar-refractivity contribution in [3.8, 4) is 0 Å². The van der Waals surface area contributed by atoms with Crippen LogP contribution in [0.1, 0.15) is 30.9 Å². The predicted octanol–water partition coefficient (Wildman–Crippen LogP) is 2.83. The largest absolute Gasteiger partial charge is 0.325 e. The van der Waals surface area contributed by atoms with Crippen LogP contribution in [0.15, 0.2) is 30.6 Å². The van der Waals surface area contributed by atoms with Crippen LogP contribution in [0.25, 0.3) is 10.8 Å². The number of nitrogens with zero attached hydrogens (tertiary/aromatic N) is 1. The Hall–Kier alpha value is -1.41. The number of aromatic nitrogens is 1. The average Bonchev–Trinajstić information content (AvgIpc) is 3.05. The van der Waals surface area contributed by atoms with Crippen molar-refractivity contribution < 1.29 is 0 Å². The maximum absolute atomic E-state index is 6.16. The Morgan fingerprint density at radius 1 is 1.29 bits per heavy atom. The van der Waals surface area contributed by atoms with E-state index < -0.39 is 0 Å². The van der Waals surface area contributed by atoms with Crippen LogP contribution in [-0.2, 0) is 12.8 Å². The SMILES string of the molecule is CCc1cncc2cc(CC3(N)CC3)ccc12. The number of nitrogens with two attached hydrogens (primary N) is 1. The van der Waals surface area contributed by atoms with Crippen molar-refractivity contribution >= 4 is 10.8 Å². The van der Waals surface area contributed by atoms with Crippen molar-refractivity contribution in [2.45, 2.75) is 38.1 Å². The molecule has 1 saturated carbocycles. The fourth-order valence-electron chi connectivity index (χ4n) is 2.42. The van der Waals surface area contributed by atoms with Crippen LogP contribution in [0.5, 0.6) is 0 Å². The minimum atomic E-state index is 0.0868. The zero-order chi connectivity index (χ0) is 11.9. The Kier molecular flexibility index (Phi) is 2.40. The van der Waals surface area contributed by atoms with Gasteiger partial charge >= 0.3 is 0 Å². The van der Waals surface area contributed by atoms with Gasteiger partial charge in [0.25, 0.3) is 0 Å². The van der Waals surface area contributed by atoms with Gasteiger partial charge in [-0.15, -0.1) is 0 Å². The van der Waals surface area contributed by atoms with E-state index in [1.54, 1.807) is 0 Å². The van der Waals surface area contributed by atoms with Crippen LogP contribution < -0.4 is 5.73 Å². The summed E-state index contributed by atoms with van der Waals surface area (Å²) in [5, 5.41) is 2.57. The smallest absolute Gasteiger partial charge is 0.0346 e. The molecule has 2 N–H and O–H groups in total. The lowest BCUT2D eigenvalue weighted by Gasteiger charge is -2.10. The molecule has 0 radical (unpaired) electrons. The minimum Gasteiger partial charge on any atom is -0.325 e. The second-order valence-corrected chi connectivity index (χ2v) is 5.25. The first-order chi connectivity index (χ1) is 8.20. The van der Waals surface area contributed by atoms with Crippen molar-refractivity contribution in [2.24, 2.45) is 5.73 Å². The number of fused-ring (bicyclic) bond motifs is 1. The van der Waals surface area contributed by atoms with E-state index in [2.05, 4.69) is 30.1 Å². The topological polar surface area (TPSA) is 38.9 Å². The molecule has 0 aliphatic heterocycles. The van der Waals surface area contributed by atoms with Gasteiger partial charge in [-0.2, -0.15) is 0 Å². The summed E-state index contributed by atoms with van der Waals surface area (Å²) in [6.07, 6.45) is 8.28. The van der Waals surface area contributed by atoms with Crippen molar-refractivity contribution in [3.63, 3.8) is 0 Å². The Bertz CT molecular complexity index is 556. The summed E-state index contributed by atoms with van der Waals surface area (Å²) in [6, 6.07) is 6.68. The van der Waals surface area contributed by atoms with Gasteiger partial charge < -0.3 is 5.73 Å². The molecule has 2 aromatic rings. The van der Waals surface area contributed by atoms with Gasteiger partial charge in [0.1, 0.15) is 0 Å². The number of pyridine rings is 1. The zero-order valence-corrected chi connectivity index (χ0v) is 10.2. The van der Waals surface area contributed by atoms with Gasteiger partial charge in [0.15, 0.2) is 0 Å². The van der Waals surface area contributed by atoms with E-state index in [0.717, 1.165) is 25.7 Å². The summed E-state index contributed by atoms with van der Waals surface area (Å²) in [6.45, 7) is 2.17. The first kappa shape index (κ1) is 10.7. The molecule has 2 heteroatoms. The first-order valence-electron chi connectivity index (χ1n) is 6.35. The van der Waals surface area contributed by atoms with E-state index >= 15 is 0 Å². The van der Waals surface area contributed by atoms with E-state index in [9.17, 15) is 0 Å². The number of rotatable bonds is 3. The molecule has 0 atom stereocenters. The van der Waals surface area contributed by atoms with E-state index in [1.165, 1.54) is 21.9 Å². The molecule has 1 aromatic carbocycles. The molecule has 0 unspecified atom stereocenters. The molecule has 17 heavy (non-hydrogen) atoms. The molecule has 0 amide bonds. The second kappa shape index (κ2) is 3.81. The third-order valence-corrected chi connectivity index (χ3v) is 3.74. The summed E-state index contributed by atoms with van der Waals surface area (Å²) in [7, 11) is 0. The molecule has 3 rings (SSSR count). The maximum atomic E-state index is 6.16. The standard InChI is InChI=1S/C15H18N2/c1-2-12-9-17-10-13-7-11(3-4-14(12)13)8-15(16)5-6-15/h3-4,7,9-10H,2,5-6,8,16H2,1H3. The molecule has 88 valence electrons. The minimum absolute atomic E-state index is 0.0868. The number of aryl methyl sites for hydroxylation is 1. The van der Waals surface area contributed by atoms with Crippen LogP contribution in [0, 0.1) is 0 Å². The molecule has 0 saturated heterocycles. The van der Waals surface area contributed by atoms with E-state index in [4.69, 9.17) is 5.73 Å².